The molecular formula is C12H14ClN3. The monoisotopic (exact) mass is 235 g/mol. The van der Waals surface area contributed by atoms with Gasteiger partial charge in [0.05, 0.1) is 12.6 Å². The molecule has 0 spiro atoms. The van der Waals surface area contributed by atoms with Crippen molar-refractivity contribution >= 4 is 17.6 Å². The predicted octanol–water partition coefficient (Wildman–Crippen LogP) is 2.17. The van der Waals surface area contributed by atoms with Gasteiger partial charge in [-0.15, -0.1) is 0 Å². The van der Waals surface area contributed by atoms with E-state index >= 15 is 0 Å². The third-order valence-corrected chi connectivity index (χ3v) is 3.47. The molecule has 1 aliphatic heterocycles. The van der Waals surface area contributed by atoms with Crippen molar-refractivity contribution < 1.29 is 0 Å². The largest absolute Gasteiger partial charge is 0.370 e. The lowest BCUT2D eigenvalue weighted by atomic mass is 10.1. The fourth-order valence-corrected chi connectivity index (χ4v) is 2.38. The van der Waals surface area contributed by atoms with Gasteiger partial charge in [-0.1, -0.05) is 23.7 Å². The minimum absolute atomic E-state index is 0.310. The number of nitrogens with zero attached hydrogens (tertiary/aromatic N) is 2. The Hall–Kier alpha value is -1.22. The minimum atomic E-state index is 0.310. The molecule has 4 heteroatoms. The van der Waals surface area contributed by atoms with Crippen LogP contribution in [-0.4, -0.2) is 23.4 Å². The number of hydrogen-bond donors (Lipinski definition) is 1. The van der Waals surface area contributed by atoms with E-state index < -0.39 is 0 Å². The van der Waals surface area contributed by atoms with Crippen LogP contribution in [0.4, 0.5) is 0 Å². The Bertz CT molecular complexity index is 422. The highest BCUT2D eigenvalue weighted by Crippen LogP contribution is 2.37. The number of aliphatic imine (C=N–C) groups is 1. The minimum Gasteiger partial charge on any atom is -0.370 e. The number of benzene rings is 1. The van der Waals surface area contributed by atoms with Crippen molar-refractivity contribution in [1.82, 2.24) is 4.90 Å². The summed E-state index contributed by atoms with van der Waals surface area (Å²) in [5.74, 6) is 0.697. The van der Waals surface area contributed by atoms with Crippen LogP contribution in [-0.2, 0) is 0 Å². The Morgan fingerprint density at radius 3 is 2.56 bits per heavy atom. The average Bonchev–Trinajstić information content (AvgIpc) is 3.04. The molecule has 1 saturated carbocycles. The molecule has 1 heterocycles. The van der Waals surface area contributed by atoms with Crippen molar-refractivity contribution in [3.63, 3.8) is 0 Å². The molecule has 1 aromatic rings. The number of rotatable bonds is 2. The van der Waals surface area contributed by atoms with Gasteiger partial charge in [-0.05, 0) is 30.5 Å². The van der Waals surface area contributed by atoms with Crippen LogP contribution >= 0.6 is 11.6 Å². The second-order valence-electron chi connectivity index (χ2n) is 4.40. The summed E-state index contributed by atoms with van der Waals surface area (Å²) in [4.78, 5) is 6.60. The zero-order chi connectivity index (χ0) is 11.1. The fraction of sp³-hybridized carbons (Fsp3) is 0.417. The molecule has 3 rings (SSSR count). The van der Waals surface area contributed by atoms with E-state index in [1.54, 1.807) is 0 Å². The number of nitrogens with two attached hydrogens (primary N) is 1. The van der Waals surface area contributed by atoms with E-state index in [2.05, 4.69) is 22.0 Å². The normalized spacial score (nSPS) is 24.7. The highest BCUT2D eigenvalue weighted by atomic mass is 35.5. The summed E-state index contributed by atoms with van der Waals surface area (Å²) in [6.07, 6.45) is 2.47. The van der Waals surface area contributed by atoms with Crippen molar-refractivity contribution in [2.45, 2.75) is 24.9 Å². The Morgan fingerprint density at radius 1 is 1.25 bits per heavy atom. The second kappa shape index (κ2) is 3.67. The first-order chi connectivity index (χ1) is 7.75. The molecular weight excluding hydrogens is 222 g/mol. The second-order valence-corrected chi connectivity index (χ2v) is 4.84. The number of halogens is 1. The molecule has 3 nitrogen and oxygen atoms in total. The van der Waals surface area contributed by atoms with Crippen LogP contribution in [0.2, 0.25) is 5.02 Å². The molecule has 1 aliphatic carbocycles. The molecule has 16 heavy (non-hydrogen) atoms. The van der Waals surface area contributed by atoms with Gasteiger partial charge in [0.1, 0.15) is 0 Å². The van der Waals surface area contributed by atoms with E-state index in [1.807, 2.05) is 12.1 Å². The summed E-state index contributed by atoms with van der Waals surface area (Å²) in [7, 11) is 0. The van der Waals surface area contributed by atoms with Crippen LogP contribution in [0.25, 0.3) is 0 Å². The van der Waals surface area contributed by atoms with Crippen LogP contribution in [0.5, 0.6) is 0 Å². The van der Waals surface area contributed by atoms with E-state index in [-0.39, 0.29) is 0 Å². The van der Waals surface area contributed by atoms with Gasteiger partial charge < -0.3 is 10.6 Å². The summed E-state index contributed by atoms with van der Waals surface area (Å²) in [5.41, 5.74) is 7.18. The van der Waals surface area contributed by atoms with E-state index in [0.29, 0.717) is 18.0 Å². The Kier molecular flexibility index (Phi) is 2.28. The summed E-state index contributed by atoms with van der Waals surface area (Å²) < 4.78 is 0. The maximum atomic E-state index is 5.93. The zero-order valence-corrected chi connectivity index (χ0v) is 9.69. The van der Waals surface area contributed by atoms with Crippen LogP contribution < -0.4 is 5.73 Å². The molecule has 0 aromatic heterocycles. The summed E-state index contributed by atoms with van der Waals surface area (Å²) >= 11 is 5.89. The van der Waals surface area contributed by atoms with E-state index in [9.17, 15) is 0 Å². The Morgan fingerprint density at radius 2 is 1.94 bits per heavy atom. The fourth-order valence-electron chi connectivity index (χ4n) is 2.25. The molecule has 1 unspecified atom stereocenters. The number of guanidine groups is 1. The Balaban J connectivity index is 1.87. The van der Waals surface area contributed by atoms with Crippen molar-refractivity contribution in [1.29, 1.82) is 0 Å². The number of hydrogen-bond acceptors (Lipinski definition) is 3. The molecule has 2 aliphatic rings. The lowest BCUT2D eigenvalue weighted by molar-refractivity contribution is 0.338. The maximum Gasteiger partial charge on any atom is 0.192 e. The molecule has 0 bridgehead atoms. The first kappa shape index (κ1) is 9.97. The molecule has 1 atom stereocenters. The summed E-state index contributed by atoms with van der Waals surface area (Å²) in [5, 5.41) is 0.772. The topological polar surface area (TPSA) is 41.6 Å². The molecule has 0 saturated heterocycles. The highest BCUT2D eigenvalue weighted by Gasteiger charge is 2.38. The molecule has 1 fully saturated rings. The van der Waals surface area contributed by atoms with Gasteiger partial charge in [0.15, 0.2) is 5.96 Å². The molecule has 84 valence electrons. The van der Waals surface area contributed by atoms with Gasteiger partial charge >= 0.3 is 0 Å². The van der Waals surface area contributed by atoms with Gasteiger partial charge in [-0.25, -0.2) is 0 Å². The van der Waals surface area contributed by atoms with Crippen molar-refractivity contribution in [2.24, 2.45) is 10.7 Å². The van der Waals surface area contributed by atoms with Gasteiger partial charge in [0.2, 0.25) is 0 Å². The molecule has 1 aromatic carbocycles. The highest BCUT2D eigenvalue weighted by molar-refractivity contribution is 6.30. The summed E-state index contributed by atoms with van der Waals surface area (Å²) in [6, 6.07) is 8.90. The van der Waals surface area contributed by atoms with Crippen molar-refractivity contribution in [3.05, 3.63) is 34.9 Å². The van der Waals surface area contributed by atoms with Gasteiger partial charge in [-0.2, -0.15) is 0 Å². The Labute approximate surface area is 99.9 Å². The van der Waals surface area contributed by atoms with Crippen LogP contribution in [0, 0.1) is 0 Å². The lowest BCUT2D eigenvalue weighted by Gasteiger charge is -2.26. The van der Waals surface area contributed by atoms with Gasteiger partial charge in [0, 0.05) is 11.1 Å². The molecule has 0 radical (unpaired) electrons. The third kappa shape index (κ3) is 1.65. The van der Waals surface area contributed by atoms with E-state index in [1.165, 1.54) is 18.4 Å². The first-order valence-corrected chi connectivity index (χ1v) is 5.97. The SMILES string of the molecule is NC1=NCC(c2ccc(Cl)cc2)N1C1CC1. The van der Waals surface area contributed by atoms with Gasteiger partial charge in [-0.3, -0.25) is 4.99 Å². The predicted molar refractivity (Wildman–Crippen MR) is 65.5 cm³/mol. The van der Waals surface area contributed by atoms with E-state index in [0.717, 1.165) is 11.6 Å². The smallest absolute Gasteiger partial charge is 0.192 e. The van der Waals surface area contributed by atoms with Crippen LogP contribution in [0.1, 0.15) is 24.4 Å². The van der Waals surface area contributed by atoms with Crippen molar-refractivity contribution in [2.75, 3.05) is 6.54 Å². The summed E-state index contributed by atoms with van der Waals surface area (Å²) in [6.45, 7) is 0.768. The quantitative estimate of drug-likeness (QED) is 0.854. The maximum absolute atomic E-state index is 5.93. The van der Waals surface area contributed by atoms with E-state index in [4.69, 9.17) is 17.3 Å². The van der Waals surface area contributed by atoms with Gasteiger partial charge in [0.25, 0.3) is 0 Å². The van der Waals surface area contributed by atoms with Crippen molar-refractivity contribution in [3.8, 4) is 0 Å². The molecule has 2 N–H and O–H groups in total. The zero-order valence-electron chi connectivity index (χ0n) is 8.94. The third-order valence-electron chi connectivity index (χ3n) is 3.22. The van der Waals surface area contributed by atoms with Crippen LogP contribution in [0.3, 0.4) is 0 Å². The first-order valence-electron chi connectivity index (χ1n) is 5.59. The molecule has 0 amide bonds. The standard InChI is InChI=1S/C12H14ClN3/c13-9-3-1-8(2-4-9)11-7-15-12(14)16(11)10-5-6-10/h1-4,10-11H,5-7H2,(H2,14,15). The lowest BCUT2D eigenvalue weighted by Crippen LogP contribution is -2.37. The van der Waals surface area contributed by atoms with Crippen LogP contribution in [0.15, 0.2) is 29.3 Å². The average molecular weight is 236 g/mol.